The summed E-state index contributed by atoms with van der Waals surface area (Å²) >= 11 is 0. The molecule has 16 heavy (non-hydrogen) atoms. The number of ether oxygens (including phenoxy) is 1. The van der Waals surface area contributed by atoms with Crippen molar-refractivity contribution in [2.75, 3.05) is 18.9 Å². The number of anilines is 1. The van der Waals surface area contributed by atoms with Gasteiger partial charge < -0.3 is 10.5 Å². The molecule has 0 radical (unpaired) electrons. The Morgan fingerprint density at radius 2 is 2.31 bits per heavy atom. The molecule has 2 N–H and O–H groups in total. The van der Waals surface area contributed by atoms with Crippen LogP contribution in [0, 0.1) is 5.92 Å². The molecule has 1 aliphatic heterocycles. The molecule has 88 valence electrons. The van der Waals surface area contributed by atoms with Crippen molar-refractivity contribution in [3.05, 3.63) is 17.6 Å². The van der Waals surface area contributed by atoms with Gasteiger partial charge in [-0.05, 0) is 18.8 Å². The Bertz CT molecular complexity index is 359. The summed E-state index contributed by atoms with van der Waals surface area (Å²) in [7, 11) is 0. The Kier molecular flexibility index (Phi) is 3.39. The van der Waals surface area contributed by atoms with Gasteiger partial charge in [-0.1, -0.05) is 13.8 Å². The zero-order chi connectivity index (χ0) is 11.5. The number of aromatic nitrogens is 2. The van der Waals surface area contributed by atoms with Crippen molar-refractivity contribution in [1.29, 1.82) is 0 Å². The molecule has 0 amide bonds. The molecular formula is C12H19N3O. The lowest BCUT2D eigenvalue weighted by atomic mass is 10.1. The van der Waals surface area contributed by atoms with Crippen LogP contribution in [0.1, 0.15) is 37.7 Å². The van der Waals surface area contributed by atoms with Crippen LogP contribution in [0.5, 0.6) is 0 Å². The fraction of sp³-hybridized carbons (Fsp3) is 0.667. The van der Waals surface area contributed by atoms with Gasteiger partial charge in [0.05, 0.1) is 6.61 Å². The van der Waals surface area contributed by atoms with Crippen LogP contribution in [0.2, 0.25) is 0 Å². The lowest BCUT2D eigenvalue weighted by Gasteiger charge is -2.10. The van der Waals surface area contributed by atoms with Crippen LogP contribution < -0.4 is 5.73 Å². The molecule has 0 saturated carbocycles. The predicted molar refractivity (Wildman–Crippen MR) is 63.2 cm³/mol. The molecule has 0 aromatic carbocycles. The minimum absolute atomic E-state index is 0.328. The summed E-state index contributed by atoms with van der Waals surface area (Å²) < 4.78 is 5.35. The van der Waals surface area contributed by atoms with Crippen LogP contribution in [-0.2, 0) is 11.2 Å². The molecule has 1 saturated heterocycles. The molecule has 0 bridgehead atoms. The molecule has 2 heterocycles. The van der Waals surface area contributed by atoms with Gasteiger partial charge in [0.25, 0.3) is 0 Å². The van der Waals surface area contributed by atoms with Crippen molar-refractivity contribution in [2.45, 2.75) is 32.6 Å². The predicted octanol–water partition coefficient (Wildman–Crippen LogP) is 1.76. The Morgan fingerprint density at radius 1 is 1.50 bits per heavy atom. The second kappa shape index (κ2) is 4.78. The van der Waals surface area contributed by atoms with E-state index in [1.165, 1.54) is 0 Å². The molecule has 0 aliphatic carbocycles. The molecule has 1 atom stereocenters. The summed E-state index contributed by atoms with van der Waals surface area (Å²) in [6.07, 6.45) is 1.96. The Labute approximate surface area is 96.2 Å². The van der Waals surface area contributed by atoms with Crippen molar-refractivity contribution >= 4 is 5.82 Å². The van der Waals surface area contributed by atoms with E-state index >= 15 is 0 Å². The maximum absolute atomic E-state index is 5.81. The molecule has 1 aromatic heterocycles. The smallest absolute Gasteiger partial charge is 0.136 e. The standard InChI is InChI=1S/C12H19N3O/c1-8(2)5-10-6-11(13)15-12(14-10)9-3-4-16-7-9/h6,8-9H,3-5,7H2,1-2H3,(H2,13,14,15). The summed E-state index contributed by atoms with van der Waals surface area (Å²) in [5.41, 5.74) is 6.86. The topological polar surface area (TPSA) is 61.0 Å². The average molecular weight is 221 g/mol. The number of nitrogen functional groups attached to an aromatic ring is 1. The number of nitrogens with zero attached hydrogens (tertiary/aromatic N) is 2. The van der Waals surface area contributed by atoms with E-state index < -0.39 is 0 Å². The van der Waals surface area contributed by atoms with Gasteiger partial charge in [-0.2, -0.15) is 0 Å². The van der Waals surface area contributed by atoms with Crippen molar-refractivity contribution in [1.82, 2.24) is 9.97 Å². The first kappa shape index (κ1) is 11.3. The second-order valence-electron chi connectivity index (χ2n) is 4.80. The molecule has 2 rings (SSSR count). The van der Waals surface area contributed by atoms with E-state index in [1.54, 1.807) is 0 Å². The molecule has 4 heteroatoms. The summed E-state index contributed by atoms with van der Waals surface area (Å²) in [6.45, 7) is 5.89. The Morgan fingerprint density at radius 3 is 2.94 bits per heavy atom. The summed E-state index contributed by atoms with van der Waals surface area (Å²) in [5, 5.41) is 0. The molecule has 0 spiro atoms. The maximum Gasteiger partial charge on any atom is 0.136 e. The quantitative estimate of drug-likeness (QED) is 0.845. The van der Waals surface area contributed by atoms with Crippen LogP contribution in [0.3, 0.4) is 0 Å². The van der Waals surface area contributed by atoms with Gasteiger partial charge in [0.1, 0.15) is 11.6 Å². The highest BCUT2D eigenvalue weighted by Crippen LogP contribution is 2.23. The highest BCUT2D eigenvalue weighted by Gasteiger charge is 2.21. The zero-order valence-corrected chi connectivity index (χ0v) is 9.94. The monoisotopic (exact) mass is 221 g/mol. The minimum atomic E-state index is 0.328. The summed E-state index contributed by atoms with van der Waals surface area (Å²) in [4.78, 5) is 8.89. The zero-order valence-electron chi connectivity index (χ0n) is 9.94. The second-order valence-corrected chi connectivity index (χ2v) is 4.80. The summed E-state index contributed by atoms with van der Waals surface area (Å²) in [5.74, 6) is 2.34. The first-order valence-electron chi connectivity index (χ1n) is 5.86. The average Bonchev–Trinajstić information content (AvgIpc) is 2.67. The van der Waals surface area contributed by atoms with Crippen molar-refractivity contribution in [2.24, 2.45) is 5.92 Å². The van der Waals surface area contributed by atoms with Gasteiger partial charge in [-0.25, -0.2) is 9.97 Å². The fourth-order valence-electron chi connectivity index (χ4n) is 1.98. The van der Waals surface area contributed by atoms with Gasteiger partial charge in [-0.3, -0.25) is 0 Å². The third-order valence-corrected chi connectivity index (χ3v) is 2.73. The van der Waals surface area contributed by atoms with Crippen molar-refractivity contribution in [3.8, 4) is 0 Å². The van der Waals surface area contributed by atoms with Crippen LogP contribution in [0.4, 0.5) is 5.82 Å². The number of rotatable bonds is 3. The first-order chi connectivity index (χ1) is 7.65. The normalized spacial score (nSPS) is 20.6. The fourth-order valence-corrected chi connectivity index (χ4v) is 1.98. The SMILES string of the molecule is CC(C)Cc1cc(N)nc(C2CCOC2)n1. The lowest BCUT2D eigenvalue weighted by Crippen LogP contribution is -2.10. The number of hydrogen-bond donors (Lipinski definition) is 1. The van der Waals surface area contributed by atoms with Gasteiger partial charge >= 0.3 is 0 Å². The van der Waals surface area contributed by atoms with Gasteiger partial charge in [0.2, 0.25) is 0 Å². The molecule has 4 nitrogen and oxygen atoms in total. The Balaban J connectivity index is 2.20. The molecule has 1 aliphatic rings. The van der Waals surface area contributed by atoms with Crippen LogP contribution in [-0.4, -0.2) is 23.2 Å². The van der Waals surface area contributed by atoms with Crippen LogP contribution in [0.25, 0.3) is 0 Å². The van der Waals surface area contributed by atoms with Gasteiger partial charge in [-0.15, -0.1) is 0 Å². The van der Waals surface area contributed by atoms with E-state index in [9.17, 15) is 0 Å². The van der Waals surface area contributed by atoms with E-state index in [-0.39, 0.29) is 0 Å². The Hall–Kier alpha value is -1.16. The minimum Gasteiger partial charge on any atom is -0.384 e. The van der Waals surface area contributed by atoms with Crippen LogP contribution in [0.15, 0.2) is 6.07 Å². The molecule has 1 fully saturated rings. The highest BCUT2D eigenvalue weighted by atomic mass is 16.5. The van der Waals surface area contributed by atoms with Crippen LogP contribution >= 0.6 is 0 Å². The largest absolute Gasteiger partial charge is 0.384 e. The van der Waals surface area contributed by atoms with Gasteiger partial charge in [0, 0.05) is 24.3 Å². The lowest BCUT2D eigenvalue weighted by molar-refractivity contribution is 0.193. The maximum atomic E-state index is 5.81. The van der Waals surface area contributed by atoms with E-state index in [2.05, 4.69) is 23.8 Å². The summed E-state index contributed by atoms with van der Waals surface area (Å²) in [6, 6.07) is 1.87. The molecule has 1 unspecified atom stereocenters. The van der Waals surface area contributed by atoms with E-state index in [4.69, 9.17) is 10.5 Å². The van der Waals surface area contributed by atoms with E-state index in [0.29, 0.717) is 17.7 Å². The number of hydrogen-bond acceptors (Lipinski definition) is 4. The molecular weight excluding hydrogens is 202 g/mol. The number of nitrogens with two attached hydrogens (primary N) is 1. The van der Waals surface area contributed by atoms with Crippen molar-refractivity contribution < 1.29 is 4.74 Å². The highest BCUT2D eigenvalue weighted by molar-refractivity contribution is 5.30. The van der Waals surface area contributed by atoms with Crippen molar-refractivity contribution in [3.63, 3.8) is 0 Å². The first-order valence-corrected chi connectivity index (χ1v) is 5.86. The van der Waals surface area contributed by atoms with E-state index in [0.717, 1.165) is 37.6 Å². The third-order valence-electron chi connectivity index (χ3n) is 2.73. The molecule has 1 aromatic rings. The third kappa shape index (κ3) is 2.70. The van der Waals surface area contributed by atoms with E-state index in [1.807, 2.05) is 6.07 Å². The van der Waals surface area contributed by atoms with Gasteiger partial charge in [0.15, 0.2) is 0 Å².